The molecule has 0 bridgehead atoms. The van der Waals surface area contributed by atoms with E-state index < -0.39 is 0 Å². The third-order valence-corrected chi connectivity index (χ3v) is 4.00. The minimum Gasteiger partial charge on any atom is -0.301 e. The summed E-state index contributed by atoms with van der Waals surface area (Å²) >= 11 is 0. The number of fused-ring (bicyclic) bond motifs is 1. The minimum atomic E-state index is 0.799. The Balaban J connectivity index is 1.92. The molecule has 2 saturated heterocycles. The quantitative estimate of drug-likeness (QED) is 0.639. The lowest BCUT2D eigenvalue weighted by Crippen LogP contribution is -2.69. The van der Waals surface area contributed by atoms with Crippen LogP contribution in [0.25, 0.3) is 0 Å². The first-order valence-corrected chi connectivity index (χ1v) is 5.70. The van der Waals surface area contributed by atoms with Gasteiger partial charge in [0.1, 0.15) is 0 Å². The van der Waals surface area contributed by atoms with Gasteiger partial charge in [-0.2, -0.15) is 0 Å². The van der Waals surface area contributed by atoms with Crippen molar-refractivity contribution in [2.75, 3.05) is 20.1 Å². The first kappa shape index (κ1) is 9.47. The average molecular weight is 182 g/mol. The second-order valence-electron chi connectivity index (χ2n) is 4.71. The van der Waals surface area contributed by atoms with Crippen LogP contribution < -0.4 is 0 Å². The van der Waals surface area contributed by atoms with Gasteiger partial charge in [-0.25, -0.2) is 0 Å². The van der Waals surface area contributed by atoms with Crippen molar-refractivity contribution in [3.05, 3.63) is 0 Å². The van der Waals surface area contributed by atoms with Crippen molar-refractivity contribution in [2.24, 2.45) is 0 Å². The molecule has 2 heteroatoms. The summed E-state index contributed by atoms with van der Waals surface area (Å²) in [6, 6.07) is 2.56. The Hall–Kier alpha value is -0.0800. The summed E-state index contributed by atoms with van der Waals surface area (Å²) in [7, 11) is 2.28. The molecule has 0 aliphatic carbocycles. The van der Waals surface area contributed by atoms with Gasteiger partial charge in [-0.3, -0.25) is 4.90 Å². The van der Waals surface area contributed by atoms with Gasteiger partial charge in [0.05, 0.1) is 0 Å². The number of nitrogens with zero attached hydrogens (tertiary/aromatic N) is 2. The fourth-order valence-corrected chi connectivity index (χ4v) is 2.80. The molecule has 2 fully saturated rings. The standard InChI is InChI=1S/C11H22N2/c1-4-9(2)13-8-11-10(13)6-5-7-12(11)3/h9-11H,4-8H2,1-3H3. The second-order valence-corrected chi connectivity index (χ2v) is 4.71. The van der Waals surface area contributed by atoms with Crippen molar-refractivity contribution >= 4 is 0 Å². The van der Waals surface area contributed by atoms with Crippen LogP contribution in [0.2, 0.25) is 0 Å². The molecule has 13 heavy (non-hydrogen) atoms. The van der Waals surface area contributed by atoms with Crippen LogP contribution in [0, 0.1) is 0 Å². The summed E-state index contributed by atoms with van der Waals surface area (Å²) in [6.07, 6.45) is 4.12. The Morgan fingerprint density at radius 3 is 2.85 bits per heavy atom. The normalized spacial score (nSPS) is 38.1. The van der Waals surface area contributed by atoms with Crippen molar-refractivity contribution in [2.45, 2.75) is 51.2 Å². The van der Waals surface area contributed by atoms with Crippen LogP contribution in [-0.4, -0.2) is 48.1 Å². The summed E-state index contributed by atoms with van der Waals surface area (Å²) < 4.78 is 0. The lowest BCUT2D eigenvalue weighted by atomic mass is 9.85. The van der Waals surface area contributed by atoms with E-state index >= 15 is 0 Å². The van der Waals surface area contributed by atoms with Gasteiger partial charge >= 0.3 is 0 Å². The predicted octanol–water partition coefficient (Wildman–Crippen LogP) is 1.56. The van der Waals surface area contributed by atoms with E-state index in [1.165, 1.54) is 32.4 Å². The Labute approximate surface area is 81.9 Å². The summed E-state index contributed by atoms with van der Waals surface area (Å²) in [5.41, 5.74) is 0. The van der Waals surface area contributed by atoms with Crippen molar-refractivity contribution in [1.82, 2.24) is 9.80 Å². The summed E-state index contributed by atoms with van der Waals surface area (Å²) in [5.74, 6) is 0. The van der Waals surface area contributed by atoms with E-state index in [1.54, 1.807) is 0 Å². The van der Waals surface area contributed by atoms with Gasteiger partial charge in [0.2, 0.25) is 0 Å². The monoisotopic (exact) mass is 182 g/mol. The van der Waals surface area contributed by atoms with E-state index in [1.807, 2.05) is 0 Å². The average Bonchev–Trinajstić information content (AvgIpc) is 2.08. The SMILES string of the molecule is CCC(C)N1CC2C1CCCN2C. The summed E-state index contributed by atoms with van der Waals surface area (Å²) in [4.78, 5) is 5.24. The van der Waals surface area contributed by atoms with E-state index in [0.29, 0.717) is 0 Å². The molecule has 0 spiro atoms. The fraction of sp³-hybridized carbons (Fsp3) is 1.00. The molecule has 2 aliphatic rings. The molecule has 0 aromatic carbocycles. The van der Waals surface area contributed by atoms with Crippen LogP contribution in [0.1, 0.15) is 33.1 Å². The van der Waals surface area contributed by atoms with Gasteiger partial charge in [0, 0.05) is 24.7 Å². The van der Waals surface area contributed by atoms with Crippen molar-refractivity contribution < 1.29 is 0 Å². The fourth-order valence-electron chi connectivity index (χ4n) is 2.80. The molecule has 2 heterocycles. The van der Waals surface area contributed by atoms with Crippen molar-refractivity contribution in [3.63, 3.8) is 0 Å². The highest BCUT2D eigenvalue weighted by Crippen LogP contribution is 2.32. The number of piperidine rings is 1. The second kappa shape index (κ2) is 3.58. The lowest BCUT2D eigenvalue weighted by molar-refractivity contribution is -0.0691. The minimum absolute atomic E-state index is 0.799. The molecule has 3 atom stereocenters. The molecule has 0 N–H and O–H groups in total. The van der Waals surface area contributed by atoms with Crippen molar-refractivity contribution in [1.29, 1.82) is 0 Å². The van der Waals surface area contributed by atoms with E-state index in [-0.39, 0.29) is 0 Å². The van der Waals surface area contributed by atoms with Gasteiger partial charge in [0.15, 0.2) is 0 Å². The topological polar surface area (TPSA) is 6.48 Å². The van der Waals surface area contributed by atoms with Crippen LogP contribution in [0.15, 0.2) is 0 Å². The molecule has 0 aromatic rings. The van der Waals surface area contributed by atoms with Crippen molar-refractivity contribution in [3.8, 4) is 0 Å². The highest BCUT2D eigenvalue weighted by molar-refractivity contribution is 5.01. The Morgan fingerprint density at radius 1 is 1.38 bits per heavy atom. The first-order valence-electron chi connectivity index (χ1n) is 5.70. The van der Waals surface area contributed by atoms with E-state index in [0.717, 1.165) is 18.1 Å². The van der Waals surface area contributed by atoms with Gasteiger partial charge in [-0.05, 0) is 39.8 Å². The molecule has 0 amide bonds. The molecule has 0 radical (unpaired) electrons. The Morgan fingerprint density at radius 2 is 2.15 bits per heavy atom. The van der Waals surface area contributed by atoms with E-state index in [9.17, 15) is 0 Å². The van der Waals surface area contributed by atoms with Crippen LogP contribution in [0.4, 0.5) is 0 Å². The zero-order valence-corrected chi connectivity index (χ0v) is 9.16. The maximum absolute atomic E-state index is 2.69. The molecule has 2 aliphatic heterocycles. The number of hydrogen-bond acceptors (Lipinski definition) is 2. The Kier molecular flexibility index (Phi) is 2.61. The highest BCUT2D eigenvalue weighted by atomic mass is 15.4. The number of likely N-dealkylation sites (tertiary alicyclic amines) is 2. The van der Waals surface area contributed by atoms with E-state index in [4.69, 9.17) is 0 Å². The molecular formula is C11H22N2. The molecular weight excluding hydrogens is 160 g/mol. The summed E-state index contributed by atoms with van der Waals surface area (Å²) in [5, 5.41) is 0. The smallest absolute Gasteiger partial charge is 0.0376 e. The van der Waals surface area contributed by atoms with E-state index in [2.05, 4.69) is 30.7 Å². The molecule has 2 nitrogen and oxygen atoms in total. The number of rotatable bonds is 2. The zero-order chi connectivity index (χ0) is 9.42. The maximum Gasteiger partial charge on any atom is 0.0376 e. The van der Waals surface area contributed by atoms with Crippen LogP contribution >= 0.6 is 0 Å². The molecule has 0 aromatic heterocycles. The largest absolute Gasteiger partial charge is 0.301 e. The zero-order valence-electron chi connectivity index (χ0n) is 9.16. The van der Waals surface area contributed by atoms with Gasteiger partial charge in [-0.15, -0.1) is 0 Å². The maximum atomic E-state index is 2.69. The molecule has 3 unspecified atom stereocenters. The van der Waals surface area contributed by atoms with Gasteiger partial charge < -0.3 is 4.90 Å². The number of hydrogen-bond donors (Lipinski definition) is 0. The predicted molar refractivity (Wildman–Crippen MR) is 55.9 cm³/mol. The molecule has 0 saturated carbocycles. The molecule has 2 rings (SSSR count). The van der Waals surface area contributed by atoms with Crippen LogP contribution in [0.5, 0.6) is 0 Å². The third-order valence-electron chi connectivity index (χ3n) is 4.00. The third kappa shape index (κ3) is 1.50. The van der Waals surface area contributed by atoms with Gasteiger partial charge in [0.25, 0.3) is 0 Å². The van der Waals surface area contributed by atoms with Crippen LogP contribution in [-0.2, 0) is 0 Å². The highest BCUT2D eigenvalue weighted by Gasteiger charge is 2.44. The lowest BCUT2D eigenvalue weighted by Gasteiger charge is -2.57. The van der Waals surface area contributed by atoms with Crippen LogP contribution in [0.3, 0.4) is 0 Å². The molecule has 76 valence electrons. The summed E-state index contributed by atoms with van der Waals surface area (Å²) in [6.45, 7) is 7.29. The first-order chi connectivity index (χ1) is 6.24. The Bertz CT molecular complexity index is 181. The number of likely N-dealkylation sites (N-methyl/N-ethyl adjacent to an activating group) is 1. The van der Waals surface area contributed by atoms with Gasteiger partial charge in [-0.1, -0.05) is 6.92 Å².